The van der Waals surface area contributed by atoms with Crippen molar-refractivity contribution in [2.75, 3.05) is 23.7 Å². The van der Waals surface area contributed by atoms with Gasteiger partial charge >= 0.3 is 0 Å². The molecule has 2 aromatic heterocycles. The molecule has 1 saturated heterocycles. The number of nitrogens with two attached hydrogens (primary N) is 1. The number of carbonyl (C=O) groups excluding carboxylic acids is 2. The first-order valence-electron chi connectivity index (χ1n) is 7.89. The second-order valence-corrected chi connectivity index (χ2v) is 6.58. The highest BCUT2D eigenvalue weighted by Gasteiger charge is 2.26. The van der Waals surface area contributed by atoms with E-state index in [0.717, 1.165) is 12.1 Å². The Kier molecular flexibility index (Phi) is 5.07. The van der Waals surface area contributed by atoms with Gasteiger partial charge in [-0.15, -0.1) is 10.2 Å². The first-order chi connectivity index (χ1) is 12.5. The maximum absolute atomic E-state index is 11.7. The van der Waals surface area contributed by atoms with Gasteiger partial charge in [-0.3, -0.25) is 9.59 Å². The molecule has 1 atom stereocenters. The van der Waals surface area contributed by atoms with Gasteiger partial charge in [-0.25, -0.2) is 0 Å². The van der Waals surface area contributed by atoms with Gasteiger partial charge in [-0.05, 0) is 37.0 Å². The minimum Gasteiger partial charge on any atom is -0.364 e. The lowest BCUT2D eigenvalue weighted by Crippen LogP contribution is -2.30. The van der Waals surface area contributed by atoms with Crippen LogP contribution in [0.25, 0.3) is 0 Å². The predicted molar refractivity (Wildman–Crippen MR) is 97.3 cm³/mol. The number of nitrogens with zero attached hydrogens (tertiary/aromatic N) is 5. The average molecular weight is 374 g/mol. The van der Waals surface area contributed by atoms with Gasteiger partial charge in [-0.1, -0.05) is 6.58 Å². The summed E-state index contributed by atoms with van der Waals surface area (Å²) in [7, 11) is 0. The van der Waals surface area contributed by atoms with Gasteiger partial charge in [0.05, 0.1) is 5.69 Å². The van der Waals surface area contributed by atoms with Crippen LogP contribution in [0, 0.1) is 6.92 Å². The molecule has 2 amide bonds. The van der Waals surface area contributed by atoms with E-state index in [1.54, 1.807) is 4.90 Å². The van der Waals surface area contributed by atoms with Crippen LogP contribution in [-0.2, 0) is 4.79 Å². The number of nitrogens with one attached hydrogen (secondary N) is 2. The van der Waals surface area contributed by atoms with Crippen LogP contribution in [0.5, 0.6) is 0 Å². The van der Waals surface area contributed by atoms with E-state index in [4.69, 9.17) is 5.73 Å². The van der Waals surface area contributed by atoms with Gasteiger partial charge < -0.3 is 21.3 Å². The molecule has 0 saturated carbocycles. The second-order valence-electron chi connectivity index (χ2n) is 5.77. The summed E-state index contributed by atoms with van der Waals surface area (Å²) in [6, 6.07) is 1.80. The Morgan fingerprint density at radius 1 is 1.46 bits per heavy atom. The molecule has 1 aliphatic rings. The Hall–Kier alpha value is -3.08. The molecule has 2 aromatic rings. The van der Waals surface area contributed by atoms with E-state index in [1.165, 1.54) is 17.6 Å². The molecular weight excluding hydrogens is 356 g/mol. The highest BCUT2D eigenvalue weighted by atomic mass is 32.1. The standard InChI is InChI=1S/C15H18N8O2S/c1-3-11(24)23-5-4-9(7-23)17-15-19-14(12(13(16)25)20-21-15)18-10-6-8(2)22-26-10/h3,6,9H,1,4-5,7H2,2H3,(H2,16,25)(H2,17,18,19,21). The number of aryl methyl sites for hydroxylation is 1. The molecule has 0 aliphatic carbocycles. The topological polar surface area (TPSA) is 139 Å². The number of likely N-dealkylation sites (tertiary alicyclic amines) is 1. The van der Waals surface area contributed by atoms with E-state index in [0.29, 0.717) is 18.1 Å². The van der Waals surface area contributed by atoms with Crippen LogP contribution in [-0.4, -0.2) is 55.4 Å². The fourth-order valence-electron chi connectivity index (χ4n) is 2.57. The van der Waals surface area contributed by atoms with Crippen LogP contribution in [0.15, 0.2) is 18.7 Å². The first-order valence-corrected chi connectivity index (χ1v) is 8.66. The molecule has 11 heteroatoms. The summed E-state index contributed by atoms with van der Waals surface area (Å²) in [5.74, 6) is -0.392. The summed E-state index contributed by atoms with van der Waals surface area (Å²) in [6.07, 6.45) is 2.04. The van der Waals surface area contributed by atoms with E-state index >= 15 is 0 Å². The van der Waals surface area contributed by atoms with E-state index < -0.39 is 5.91 Å². The smallest absolute Gasteiger partial charge is 0.273 e. The number of hydrogen-bond acceptors (Lipinski definition) is 9. The van der Waals surface area contributed by atoms with Crippen LogP contribution in [0.3, 0.4) is 0 Å². The minimum absolute atomic E-state index is 0.0152. The van der Waals surface area contributed by atoms with Crippen molar-refractivity contribution in [3.05, 3.63) is 30.1 Å². The number of primary amides is 1. The van der Waals surface area contributed by atoms with E-state index in [2.05, 4.69) is 36.8 Å². The van der Waals surface area contributed by atoms with Gasteiger partial charge in [0.2, 0.25) is 11.9 Å². The number of carbonyl (C=O) groups is 2. The zero-order valence-electron chi connectivity index (χ0n) is 14.1. The third-order valence-electron chi connectivity index (χ3n) is 3.80. The van der Waals surface area contributed by atoms with Crippen LogP contribution >= 0.6 is 11.5 Å². The molecule has 0 spiro atoms. The quantitative estimate of drug-likeness (QED) is 0.627. The van der Waals surface area contributed by atoms with Crippen LogP contribution in [0.4, 0.5) is 16.8 Å². The largest absolute Gasteiger partial charge is 0.364 e. The van der Waals surface area contributed by atoms with Crippen LogP contribution in [0.1, 0.15) is 22.6 Å². The molecule has 0 aromatic carbocycles. The molecule has 136 valence electrons. The second kappa shape index (κ2) is 7.44. The van der Waals surface area contributed by atoms with Crippen molar-refractivity contribution in [2.24, 2.45) is 5.73 Å². The van der Waals surface area contributed by atoms with Crippen molar-refractivity contribution in [1.82, 2.24) is 24.5 Å². The molecule has 1 fully saturated rings. The van der Waals surface area contributed by atoms with E-state index in [-0.39, 0.29) is 29.4 Å². The summed E-state index contributed by atoms with van der Waals surface area (Å²) >= 11 is 1.23. The Labute approximate surface area is 153 Å². The van der Waals surface area contributed by atoms with Gasteiger partial charge in [0.1, 0.15) is 5.00 Å². The zero-order valence-corrected chi connectivity index (χ0v) is 14.9. The molecule has 3 heterocycles. The Balaban J connectivity index is 1.76. The summed E-state index contributed by atoms with van der Waals surface area (Å²) in [4.78, 5) is 29.2. The lowest BCUT2D eigenvalue weighted by molar-refractivity contribution is -0.125. The summed E-state index contributed by atoms with van der Waals surface area (Å²) < 4.78 is 4.16. The highest BCUT2D eigenvalue weighted by Crippen LogP contribution is 2.23. The van der Waals surface area contributed by atoms with E-state index in [1.807, 2.05) is 13.0 Å². The number of aromatic nitrogens is 4. The number of rotatable bonds is 6. The summed E-state index contributed by atoms with van der Waals surface area (Å²) in [5, 5.41) is 14.6. The molecule has 1 unspecified atom stereocenters. The number of anilines is 3. The number of amides is 2. The molecule has 26 heavy (non-hydrogen) atoms. The number of hydrogen-bond donors (Lipinski definition) is 3. The lowest BCUT2D eigenvalue weighted by atomic mass is 10.3. The van der Waals surface area contributed by atoms with Gasteiger partial charge in [0, 0.05) is 19.1 Å². The summed E-state index contributed by atoms with van der Waals surface area (Å²) in [5.41, 5.74) is 6.13. The first kappa shape index (κ1) is 17.7. The SMILES string of the molecule is C=CC(=O)N1CCC(Nc2nnc(C(N)=O)c(Nc3cc(C)ns3)n2)C1. The van der Waals surface area contributed by atoms with Crippen molar-refractivity contribution < 1.29 is 9.59 Å². The molecule has 3 rings (SSSR count). The highest BCUT2D eigenvalue weighted by molar-refractivity contribution is 7.10. The fraction of sp³-hybridized carbons (Fsp3) is 0.333. The average Bonchev–Trinajstić information content (AvgIpc) is 3.23. The minimum atomic E-state index is -0.732. The molecular formula is C15H18N8O2S. The van der Waals surface area contributed by atoms with Crippen molar-refractivity contribution in [3.8, 4) is 0 Å². The van der Waals surface area contributed by atoms with Crippen molar-refractivity contribution in [2.45, 2.75) is 19.4 Å². The third kappa shape index (κ3) is 3.94. The molecule has 1 aliphatic heterocycles. The normalized spacial score (nSPS) is 16.3. The van der Waals surface area contributed by atoms with Crippen LogP contribution in [0.2, 0.25) is 0 Å². The predicted octanol–water partition coefficient (Wildman–Crippen LogP) is 0.678. The molecule has 4 N–H and O–H groups in total. The van der Waals surface area contributed by atoms with E-state index in [9.17, 15) is 9.59 Å². The Bertz CT molecular complexity index is 852. The summed E-state index contributed by atoms with van der Waals surface area (Å²) in [6.45, 7) is 6.49. The lowest BCUT2D eigenvalue weighted by Gasteiger charge is -2.15. The molecule has 0 bridgehead atoms. The van der Waals surface area contributed by atoms with Gasteiger partial charge in [-0.2, -0.15) is 9.36 Å². The van der Waals surface area contributed by atoms with Crippen molar-refractivity contribution in [1.29, 1.82) is 0 Å². The maximum Gasteiger partial charge on any atom is 0.273 e. The molecule has 0 radical (unpaired) electrons. The Morgan fingerprint density at radius 3 is 2.92 bits per heavy atom. The molecule has 10 nitrogen and oxygen atoms in total. The zero-order chi connectivity index (χ0) is 18.7. The third-order valence-corrected chi connectivity index (χ3v) is 4.59. The monoisotopic (exact) mass is 374 g/mol. The van der Waals surface area contributed by atoms with Crippen molar-refractivity contribution >= 4 is 40.1 Å². The Morgan fingerprint density at radius 2 is 2.27 bits per heavy atom. The maximum atomic E-state index is 11.7. The van der Waals surface area contributed by atoms with Crippen molar-refractivity contribution in [3.63, 3.8) is 0 Å². The van der Waals surface area contributed by atoms with Gasteiger partial charge in [0.15, 0.2) is 11.5 Å². The van der Waals surface area contributed by atoms with Crippen LogP contribution < -0.4 is 16.4 Å². The van der Waals surface area contributed by atoms with Gasteiger partial charge in [0.25, 0.3) is 5.91 Å². The fourth-order valence-corrected chi connectivity index (χ4v) is 3.23.